The molecule has 1 aliphatic rings. The molecule has 19 heavy (non-hydrogen) atoms. The molecule has 1 heterocycles. The molecular formula is C12H15N7. The molecule has 1 aliphatic heterocycles. The Bertz CT molecular complexity index is 535. The summed E-state index contributed by atoms with van der Waals surface area (Å²) in [5, 5.41) is 10.6. The molecule has 0 aliphatic carbocycles. The minimum absolute atomic E-state index is 0.471. The maximum absolute atomic E-state index is 8.62. The summed E-state index contributed by atoms with van der Waals surface area (Å²) >= 11 is 0. The Labute approximate surface area is 110 Å². The van der Waals surface area contributed by atoms with Crippen LogP contribution in [0.15, 0.2) is 28.4 Å². The van der Waals surface area contributed by atoms with Crippen molar-refractivity contribution in [1.82, 2.24) is 5.32 Å². The number of benzene rings is 1. The molecule has 0 unspecified atom stereocenters. The average molecular weight is 257 g/mol. The first-order valence-electron chi connectivity index (χ1n) is 6.27. The summed E-state index contributed by atoms with van der Waals surface area (Å²) in [7, 11) is 0. The Kier molecular flexibility index (Phi) is 4.64. The van der Waals surface area contributed by atoms with E-state index in [1.165, 1.54) is 0 Å². The van der Waals surface area contributed by atoms with Crippen molar-refractivity contribution in [2.45, 2.75) is 19.3 Å². The van der Waals surface area contributed by atoms with Gasteiger partial charge >= 0.3 is 0 Å². The van der Waals surface area contributed by atoms with Gasteiger partial charge in [-0.15, -0.1) is 0 Å². The smallest absolute Gasteiger partial charge is 0.0412 e. The second-order valence-electron chi connectivity index (χ2n) is 4.59. The van der Waals surface area contributed by atoms with E-state index in [1.807, 2.05) is 6.07 Å². The van der Waals surface area contributed by atoms with Crippen LogP contribution in [0.25, 0.3) is 20.9 Å². The van der Waals surface area contributed by atoms with Crippen LogP contribution in [0.4, 0.5) is 11.4 Å². The van der Waals surface area contributed by atoms with Gasteiger partial charge in [-0.3, -0.25) is 0 Å². The molecule has 7 heteroatoms. The van der Waals surface area contributed by atoms with Crippen LogP contribution in [0.3, 0.4) is 0 Å². The zero-order valence-corrected chi connectivity index (χ0v) is 10.5. The first-order chi connectivity index (χ1) is 9.33. The van der Waals surface area contributed by atoms with Crippen LogP contribution in [0, 0.1) is 5.92 Å². The number of piperidine rings is 1. The summed E-state index contributed by atoms with van der Waals surface area (Å²) in [6, 6.07) is 5.28. The third-order valence-corrected chi connectivity index (χ3v) is 3.35. The Balaban J connectivity index is 2.22. The monoisotopic (exact) mass is 257 g/mol. The van der Waals surface area contributed by atoms with Gasteiger partial charge in [0.1, 0.15) is 0 Å². The highest BCUT2D eigenvalue weighted by molar-refractivity contribution is 5.55. The predicted molar refractivity (Wildman–Crippen MR) is 73.4 cm³/mol. The van der Waals surface area contributed by atoms with Gasteiger partial charge < -0.3 is 5.32 Å². The van der Waals surface area contributed by atoms with Gasteiger partial charge in [0, 0.05) is 21.2 Å². The van der Waals surface area contributed by atoms with Crippen molar-refractivity contribution >= 4 is 11.4 Å². The maximum atomic E-state index is 8.62. The molecule has 0 radical (unpaired) electrons. The van der Waals surface area contributed by atoms with Gasteiger partial charge in [-0.05, 0) is 61.0 Å². The molecule has 1 aromatic carbocycles. The lowest BCUT2D eigenvalue weighted by molar-refractivity contribution is 0.373. The summed E-state index contributed by atoms with van der Waals surface area (Å²) in [4.78, 5) is 5.57. The molecule has 0 saturated carbocycles. The maximum Gasteiger partial charge on any atom is 0.0412 e. The van der Waals surface area contributed by atoms with E-state index < -0.39 is 0 Å². The van der Waals surface area contributed by atoms with Crippen molar-refractivity contribution < 1.29 is 0 Å². The third kappa shape index (κ3) is 3.63. The minimum atomic E-state index is 0.471. The van der Waals surface area contributed by atoms with Gasteiger partial charge in [0.05, 0.1) is 0 Å². The van der Waals surface area contributed by atoms with Crippen molar-refractivity contribution in [2.75, 3.05) is 13.1 Å². The van der Waals surface area contributed by atoms with E-state index in [2.05, 4.69) is 25.4 Å². The summed E-state index contributed by atoms with van der Waals surface area (Å²) in [6.07, 6.45) is 3.16. The van der Waals surface area contributed by atoms with E-state index in [1.54, 1.807) is 12.1 Å². The van der Waals surface area contributed by atoms with Gasteiger partial charge in [-0.2, -0.15) is 0 Å². The number of hydrogen-bond acceptors (Lipinski definition) is 3. The Morgan fingerprint density at radius 3 is 2.58 bits per heavy atom. The normalized spacial score (nSPS) is 15.4. The highest BCUT2D eigenvalue weighted by Gasteiger charge is 2.15. The summed E-state index contributed by atoms with van der Waals surface area (Å²) in [6.45, 7) is 2.08. The van der Waals surface area contributed by atoms with E-state index in [0.717, 1.165) is 37.9 Å². The van der Waals surface area contributed by atoms with Crippen LogP contribution in [0.5, 0.6) is 0 Å². The fraction of sp³-hybridized carbons (Fsp3) is 0.500. The molecule has 0 atom stereocenters. The number of nitrogens with one attached hydrogen (secondary N) is 1. The first-order valence-corrected chi connectivity index (χ1v) is 6.27. The molecule has 2 rings (SSSR count). The van der Waals surface area contributed by atoms with E-state index in [0.29, 0.717) is 17.3 Å². The third-order valence-electron chi connectivity index (χ3n) is 3.35. The van der Waals surface area contributed by atoms with Crippen molar-refractivity contribution in [1.29, 1.82) is 0 Å². The lowest BCUT2D eigenvalue weighted by Crippen LogP contribution is -2.28. The lowest BCUT2D eigenvalue weighted by atomic mass is 9.90. The molecule has 1 N–H and O–H groups in total. The summed E-state index contributed by atoms with van der Waals surface area (Å²) in [5.41, 5.74) is 19.1. The highest BCUT2D eigenvalue weighted by Crippen LogP contribution is 2.29. The molecular weight excluding hydrogens is 242 g/mol. The zero-order chi connectivity index (χ0) is 13.5. The van der Waals surface area contributed by atoms with E-state index in [-0.39, 0.29) is 0 Å². The molecule has 0 aromatic heterocycles. The standard InChI is InChI=1S/C12H15N7/c13-18-16-11-2-1-10(12(8-11)17-19-14)7-9-3-5-15-6-4-9/h1-2,8-9,15H,3-7H2. The zero-order valence-electron chi connectivity index (χ0n) is 10.5. The summed E-state index contributed by atoms with van der Waals surface area (Å²) < 4.78 is 0. The van der Waals surface area contributed by atoms with E-state index in [9.17, 15) is 0 Å². The van der Waals surface area contributed by atoms with Crippen LogP contribution in [0.2, 0.25) is 0 Å². The Morgan fingerprint density at radius 1 is 1.16 bits per heavy atom. The van der Waals surface area contributed by atoms with Crippen LogP contribution in [-0.2, 0) is 6.42 Å². The van der Waals surface area contributed by atoms with Crippen LogP contribution >= 0.6 is 0 Å². The lowest BCUT2D eigenvalue weighted by Gasteiger charge is -2.23. The molecule has 0 amide bonds. The minimum Gasteiger partial charge on any atom is -0.317 e. The largest absolute Gasteiger partial charge is 0.317 e. The molecule has 1 saturated heterocycles. The molecule has 0 bridgehead atoms. The van der Waals surface area contributed by atoms with E-state index >= 15 is 0 Å². The molecule has 1 aromatic rings. The van der Waals surface area contributed by atoms with Crippen molar-refractivity contribution in [3.8, 4) is 0 Å². The van der Waals surface area contributed by atoms with Crippen molar-refractivity contribution in [2.24, 2.45) is 16.1 Å². The van der Waals surface area contributed by atoms with Gasteiger partial charge in [-0.1, -0.05) is 22.4 Å². The second kappa shape index (κ2) is 6.66. The van der Waals surface area contributed by atoms with Gasteiger partial charge in [0.2, 0.25) is 0 Å². The molecule has 0 spiro atoms. The van der Waals surface area contributed by atoms with Crippen molar-refractivity contribution in [3.05, 3.63) is 44.6 Å². The van der Waals surface area contributed by atoms with Crippen LogP contribution in [-0.4, -0.2) is 13.1 Å². The Hall–Kier alpha value is -2.20. The highest BCUT2D eigenvalue weighted by atomic mass is 15.1. The average Bonchev–Trinajstić information content (AvgIpc) is 2.43. The number of nitrogens with zero attached hydrogens (tertiary/aromatic N) is 6. The van der Waals surface area contributed by atoms with Crippen LogP contribution < -0.4 is 5.32 Å². The number of azide groups is 2. The Morgan fingerprint density at radius 2 is 1.89 bits per heavy atom. The fourth-order valence-electron chi connectivity index (χ4n) is 2.38. The quantitative estimate of drug-likeness (QED) is 0.488. The van der Waals surface area contributed by atoms with E-state index in [4.69, 9.17) is 11.1 Å². The first kappa shape index (κ1) is 13.2. The van der Waals surface area contributed by atoms with Gasteiger partial charge in [-0.25, -0.2) is 0 Å². The predicted octanol–water partition coefficient (Wildman–Crippen LogP) is 4.11. The fourth-order valence-corrected chi connectivity index (χ4v) is 2.38. The topological polar surface area (TPSA) is 110 Å². The molecule has 7 nitrogen and oxygen atoms in total. The second-order valence-corrected chi connectivity index (χ2v) is 4.59. The SMILES string of the molecule is [N-]=[N+]=Nc1ccc(CC2CCNCC2)c(N=[N+]=[N-])c1. The van der Waals surface area contributed by atoms with Gasteiger partial charge in [0.25, 0.3) is 0 Å². The summed E-state index contributed by atoms with van der Waals surface area (Å²) in [5.74, 6) is 0.610. The molecule has 98 valence electrons. The van der Waals surface area contributed by atoms with Crippen molar-refractivity contribution in [3.63, 3.8) is 0 Å². The number of hydrogen-bond donors (Lipinski definition) is 1. The molecule has 1 fully saturated rings. The number of rotatable bonds is 4. The van der Waals surface area contributed by atoms with Gasteiger partial charge in [0.15, 0.2) is 0 Å². The van der Waals surface area contributed by atoms with Crippen LogP contribution in [0.1, 0.15) is 18.4 Å².